The molecule has 0 saturated carbocycles. The van der Waals surface area contributed by atoms with Crippen LogP contribution in [0.3, 0.4) is 0 Å². The molecule has 0 atom stereocenters. The molecule has 18 heavy (non-hydrogen) atoms. The highest BCUT2D eigenvalue weighted by atomic mass is 19.1. The van der Waals surface area contributed by atoms with Gasteiger partial charge in [0.1, 0.15) is 11.6 Å². The number of nitrogens with one attached hydrogen (secondary N) is 1. The van der Waals surface area contributed by atoms with Crippen LogP contribution in [0.15, 0.2) is 36.7 Å². The molecule has 0 unspecified atom stereocenters. The van der Waals surface area contributed by atoms with Crippen LogP contribution in [0.5, 0.6) is 0 Å². The zero-order chi connectivity index (χ0) is 12.8. The van der Waals surface area contributed by atoms with E-state index in [1.807, 2.05) is 13.0 Å². The van der Waals surface area contributed by atoms with Crippen molar-refractivity contribution in [3.8, 4) is 0 Å². The third-order valence-electron chi connectivity index (χ3n) is 2.78. The highest BCUT2D eigenvalue weighted by molar-refractivity contribution is 5.26. The average molecular weight is 245 g/mol. The Morgan fingerprint density at radius 2 is 2.00 bits per heavy atom. The predicted octanol–water partition coefficient (Wildman–Crippen LogP) is 2.26. The second kappa shape index (κ2) is 6.21. The highest BCUT2D eigenvalue weighted by Gasteiger charge is 2.00. The van der Waals surface area contributed by atoms with Crippen LogP contribution >= 0.6 is 0 Å². The quantitative estimate of drug-likeness (QED) is 0.821. The topological polar surface area (TPSA) is 37.8 Å². The molecule has 0 saturated heterocycles. The Balaban J connectivity index is 1.79. The lowest BCUT2D eigenvalue weighted by molar-refractivity contribution is 0.623. The smallest absolute Gasteiger partial charge is 0.141 e. The Morgan fingerprint density at radius 1 is 1.22 bits per heavy atom. The van der Waals surface area contributed by atoms with Gasteiger partial charge < -0.3 is 5.32 Å². The summed E-state index contributed by atoms with van der Waals surface area (Å²) >= 11 is 0. The van der Waals surface area contributed by atoms with Gasteiger partial charge in [-0.3, -0.25) is 0 Å². The number of benzene rings is 1. The summed E-state index contributed by atoms with van der Waals surface area (Å²) in [6.45, 7) is 3.41. The summed E-state index contributed by atoms with van der Waals surface area (Å²) < 4.78 is 12.9. The third-order valence-corrected chi connectivity index (χ3v) is 2.78. The maximum absolute atomic E-state index is 12.9. The van der Waals surface area contributed by atoms with Gasteiger partial charge in [-0.15, -0.1) is 0 Å². The van der Waals surface area contributed by atoms with Gasteiger partial charge in [-0.2, -0.15) is 0 Å². The minimum Gasteiger partial charge on any atom is -0.310 e. The number of rotatable bonds is 5. The van der Waals surface area contributed by atoms with Gasteiger partial charge in [0.15, 0.2) is 0 Å². The molecule has 0 radical (unpaired) electrons. The Kier molecular flexibility index (Phi) is 4.36. The Labute approximate surface area is 106 Å². The van der Waals surface area contributed by atoms with E-state index in [4.69, 9.17) is 0 Å². The van der Waals surface area contributed by atoms with Gasteiger partial charge >= 0.3 is 0 Å². The molecule has 0 aliphatic carbocycles. The van der Waals surface area contributed by atoms with Crippen LogP contribution in [0.1, 0.15) is 17.0 Å². The molecule has 4 heteroatoms. The first-order chi connectivity index (χ1) is 8.75. The van der Waals surface area contributed by atoms with Gasteiger partial charge in [-0.1, -0.05) is 6.07 Å². The fourth-order valence-corrected chi connectivity index (χ4v) is 1.78. The van der Waals surface area contributed by atoms with E-state index in [2.05, 4.69) is 15.3 Å². The number of hydrogen-bond acceptors (Lipinski definition) is 3. The summed E-state index contributed by atoms with van der Waals surface area (Å²) in [6.07, 6.45) is 4.33. The molecule has 1 N–H and O–H groups in total. The van der Waals surface area contributed by atoms with Crippen LogP contribution in [-0.2, 0) is 13.0 Å². The fraction of sp³-hybridized carbons (Fsp3) is 0.286. The van der Waals surface area contributed by atoms with E-state index in [-0.39, 0.29) is 5.82 Å². The van der Waals surface area contributed by atoms with Crippen molar-refractivity contribution in [1.82, 2.24) is 15.3 Å². The van der Waals surface area contributed by atoms with Crippen molar-refractivity contribution in [1.29, 1.82) is 0 Å². The third kappa shape index (κ3) is 3.60. The molecule has 3 nitrogen and oxygen atoms in total. The molecule has 0 bridgehead atoms. The summed E-state index contributed by atoms with van der Waals surface area (Å²) in [4.78, 5) is 8.26. The number of nitrogens with zero attached hydrogens (tertiary/aromatic N) is 2. The zero-order valence-electron chi connectivity index (χ0n) is 10.4. The van der Waals surface area contributed by atoms with Gasteiger partial charge in [0.2, 0.25) is 0 Å². The molecule has 0 fully saturated rings. The molecule has 0 spiro atoms. The summed E-state index contributed by atoms with van der Waals surface area (Å²) in [5.41, 5.74) is 2.16. The normalized spacial score (nSPS) is 10.6. The average Bonchev–Trinajstić information content (AvgIpc) is 2.38. The van der Waals surface area contributed by atoms with E-state index in [9.17, 15) is 4.39 Å². The van der Waals surface area contributed by atoms with E-state index in [1.165, 1.54) is 6.07 Å². The SMILES string of the molecule is Cc1cc(F)ccc1CCNCc1ncccn1. The number of aromatic nitrogens is 2. The summed E-state index contributed by atoms with van der Waals surface area (Å²) in [6, 6.07) is 6.70. The minimum atomic E-state index is -0.179. The predicted molar refractivity (Wildman–Crippen MR) is 68.6 cm³/mol. The first kappa shape index (κ1) is 12.6. The second-order valence-electron chi connectivity index (χ2n) is 4.16. The van der Waals surface area contributed by atoms with Gasteiger partial charge in [-0.25, -0.2) is 14.4 Å². The first-order valence-corrected chi connectivity index (χ1v) is 5.97. The van der Waals surface area contributed by atoms with Crippen molar-refractivity contribution >= 4 is 0 Å². The monoisotopic (exact) mass is 245 g/mol. The number of aryl methyl sites for hydroxylation is 1. The first-order valence-electron chi connectivity index (χ1n) is 5.97. The van der Waals surface area contributed by atoms with Crippen LogP contribution in [0.2, 0.25) is 0 Å². The lowest BCUT2D eigenvalue weighted by Crippen LogP contribution is -2.18. The van der Waals surface area contributed by atoms with Gasteiger partial charge in [0.05, 0.1) is 6.54 Å². The molecule has 2 aromatic rings. The van der Waals surface area contributed by atoms with Crippen LogP contribution in [0.4, 0.5) is 4.39 Å². The Morgan fingerprint density at radius 3 is 2.72 bits per heavy atom. The maximum atomic E-state index is 12.9. The van der Waals surface area contributed by atoms with Crippen LogP contribution in [0.25, 0.3) is 0 Å². The maximum Gasteiger partial charge on any atom is 0.141 e. The lowest BCUT2D eigenvalue weighted by atomic mass is 10.1. The second-order valence-corrected chi connectivity index (χ2v) is 4.16. The van der Waals surface area contributed by atoms with Crippen LogP contribution < -0.4 is 5.32 Å². The molecule has 0 aliphatic rings. The Bertz CT molecular complexity index is 500. The van der Waals surface area contributed by atoms with Crippen molar-refractivity contribution in [2.24, 2.45) is 0 Å². The van der Waals surface area contributed by atoms with Crippen molar-refractivity contribution in [3.05, 3.63) is 59.4 Å². The fourth-order valence-electron chi connectivity index (χ4n) is 1.78. The lowest BCUT2D eigenvalue weighted by Gasteiger charge is -2.07. The van der Waals surface area contributed by atoms with Crippen LogP contribution in [-0.4, -0.2) is 16.5 Å². The van der Waals surface area contributed by atoms with Crippen molar-refractivity contribution < 1.29 is 4.39 Å². The van der Waals surface area contributed by atoms with E-state index in [0.717, 1.165) is 29.9 Å². The van der Waals surface area contributed by atoms with Gasteiger partial charge in [0.25, 0.3) is 0 Å². The molecule has 2 rings (SSSR count). The zero-order valence-corrected chi connectivity index (χ0v) is 10.4. The van der Waals surface area contributed by atoms with Crippen molar-refractivity contribution in [3.63, 3.8) is 0 Å². The molecule has 0 amide bonds. The number of halogens is 1. The van der Waals surface area contributed by atoms with E-state index in [0.29, 0.717) is 6.54 Å². The van der Waals surface area contributed by atoms with E-state index >= 15 is 0 Å². The number of hydrogen-bond donors (Lipinski definition) is 1. The van der Waals surface area contributed by atoms with Gasteiger partial charge in [0, 0.05) is 12.4 Å². The molecule has 0 aliphatic heterocycles. The van der Waals surface area contributed by atoms with E-state index < -0.39 is 0 Å². The molecule has 94 valence electrons. The molecular weight excluding hydrogens is 229 g/mol. The minimum absolute atomic E-state index is 0.179. The Hall–Kier alpha value is -1.81. The molecular formula is C14H16FN3. The standard InChI is InChI=1S/C14H16FN3/c1-11-9-13(15)4-3-12(11)5-8-16-10-14-17-6-2-7-18-14/h2-4,6-7,9,16H,5,8,10H2,1H3. The summed E-state index contributed by atoms with van der Waals surface area (Å²) in [7, 11) is 0. The van der Waals surface area contributed by atoms with Crippen molar-refractivity contribution in [2.45, 2.75) is 19.9 Å². The molecule has 1 aromatic heterocycles. The molecule has 1 aromatic carbocycles. The largest absolute Gasteiger partial charge is 0.310 e. The summed E-state index contributed by atoms with van der Waals surface area (Å²) in [5.74, 6) is 0.607. The van der Waals surface area contributed by atoms with Gasteiger partial charge in [-0.05, 0) is 49.2 Å². The van der Waals surface area contributed by atoms with Crippen LogP contribution in [0, 0.1) is 12.7 Å². The highest BCUT2D eigenvalue weighted by Crippen LogP contribution is 2.10. The van der Waals surface area contributed by atoms with E-state index in [1.54, 1.807) is 24.5 Å². The van der Waals surface area contributed by atoms with Crippen molar-refractivity contribution in [2.75, 3.05) is 6.54 Å². The summed E-state index contributed by atoms with van der Waals surface area (Å²) in [5, 5.41) is 3.27. The molecule has 1 heterocycles.